The van der Waals surface area contributed by atoms with Crippen molar-refractivity contribution in [2.75, 3.05) is 20.1 Å². The Balaban J connectivity index is 2.63. The fourth-order valence-corrected chi connectivity index (χ4v) is 1.26. The number of hydrogen-bond donors (Lipinski definition) is 2. The molecule has 3 N–H and O–H groups in total. The summed E-state index contributed by atoms with van der Waals surface area (Å²) >= 11 is 0. The highest BCUT2D eigenvalue weighted by Gasteiger charge is 2.03. The van der Waals surface area contributed by atoms with E-state index in [2.05, 4.69) is 0 Å². The van der Waals surface area contributed by atoms with Crippen molar-refractivity contribution in [3.63, 3.8) is 0 Å². The number of rotatable bonds is 4. The molecule has 14 heavy (non-hydrogen) atoms. The zero-order valence-electron chi connectivity index (χ0n) is 8.20. The lowest BCUT2D eigenvalue weighted by molar-refractivity contribution is 0.335. The summed E-state index contributed by atoms with van der Waals surface area (Å²) in [7, 11) is 1.91. The van der Waals surface area contributed by atoms with Gasteiger partial charge >= 0.3 is 0 Å². The molecule has 0 atom stereocenters. The Hall–Kier alpha value is -1.13. The molecular formula is C10H15FN2O. The molecule has 1 rings (SSSR count). The van der Waals surface area contributed by atoms with Crippen molar-refractivity contribution in [1.82, 2.24) is 4.90 Å². The van der Waals surface area contributed by atoms with Crippen molar-refractivity contribution >= 4 is 0 Å². The quantitative estimate of drug-likeness (QED) is 0.756. The summed E-state index contributed by atoms with van der Waals surface area (Å²) in [5, 5.41) is 8.97. The molecule has 4 heteroatoms. The molecule has 0 aliphatic heterocycles. The second-order valence-electron chi connectivity index (χ2n) is 3.31. The number of halogens is 1. The van der Waals surface area contributed by atoms with Crippen molar-refractivity contribution in [2.24, 2.45) is 5.73 Å². The molecule has 1 aromatic rings. The number of benzene rings is 1. The van der Waals surface area contributed by atoms with Gasteiger partial charge in [-0.25, -0.2) is 4.39 Å². The van der Waals surface area contributed by atoms with Crippen LogP contribution < -0.4 is 5.73 Å². The summed E-state index contributed by atoms with van der Waals surface area (Å²) in [4.78, 5) is 1.99. The van der Waals surface area contributed by atoms with Gasteiger partial charge in [-0.3, -0.25) is 0 Å². The van der Waals surface area contributed by atoms with Crippen molar-refractivity contribution in [2.45, 2.75) is 6.54 Å². The van der Waals surface area contributed by atoms with Crippen LogP contribution >= 0.6 is 0 Å². The minimum absolute atomic E-state index is 0.310. The fraction of sp³-hybridized carbons (Fsp3) is 0.400. The van der Waals surface area contributed by atoms with E-state index in [1.165, 1.54) is 12.1 Å². The molecule has 1 aromatic carbocycles. The Bertz CT molecular complexity index is 304. The van der Waals surface area contributed by atoms with Crippen LogP contribution in [0.25, 0.3) is 0 Å². The molecule has 0 fully saturated rings. The monoisotopic (exact) mass is 198 g/mol. The van der Waals surface area contributed by atoms with Gasteiger partial charge in [0.05, 0.1) is 0 Å². The van der Waals surface area contributed by atoms with Gasteiger partial charge in [0.1, 0.15) is 0 Å². The van der Waals surface area contributed by atoms with E-state index in [9.17, 15) is 4.39 Å². The SMILES string of the molecule is CN(CCN)Cc1ccc(O)c(F)c1. The van der Waals surface area contributed by atoms with Crippen LogP contribution in [0.3, 0.4) is 0 Å². The first-order valence-electron chi connectivity index (χ1n) is 4.49. The minimum Gasteiger partial charge on any atom is -0.505 e. The molecule has 0 aromatic heterocycles. The molecule has 0 spiro atoms. The molecule has 0 radical (unpaired) electrons. The normalized spacial score (nSPS) is 10.9. The Morgan fingerprint density at radius 3 is 2.79 bits per heavy atom. The summed E-state index contributed by atoms with van der Waals surface area (Å²) in [6.45, 7) is 1.98. The van der Waals surface area contributed by atoms with Crippen molar-refractivity contribution < 1.29 is 9.50 Å². The molecule has 0 unspecified atom stereocenters. The molecule has 0 saturated carbocycles. The predicted octanol–water partition coefficient (Wildman–Crippen LogP) is 0.922. The molecule has 0 heterocycles. The standard InChI is InChI=1S/C10H15FN2O/c1-13(5-4-12)7-8-2-3-10(14)9(11)6-8/h2-3,6,14H,4-5,7,12H2,1H3. The van der Waals surface area contributed by atoms with Crippen LogP contribution in [0.1, 0.15) is 5.56 Å². The van der Waals surface area contributed by atoms with E-state index < -0.39 is 5.82 Å². The third-order valence-electron chi connectivity index (χ3n) is 1.98. The zero-order valence-corrected chi connectivity index (χ0v) is 8.20. The summed E-state index contributed by atoms with van der Waals surface area (Å²) in [5.41, 5.74) is 6.21. The summed E-state index contributed by atoms with van der Waals surface area (Å²) in [5.74, 6) is -0.890. The van der Waals surface area contributed by atoms with Crippen LogP contribution in [0.5, 0.6) is 5.75 Å². The van der Waals surface area contributed by atoms with Gasteiger partial charge < -0.3 is 15.7 Å². The van der Waals surface area contributed by atoms with Crippen molar-refractivity contribution in [1.29, 1.82) is 0 Å². The highest BCUT2D eigenvalue weighted by atomic mass is 19.1. The molecular weight excluding hydrogens is 183 g/mol. The number of phenols is 1. The maximum Gasteiger partial charge on any atom is 0.165 e. The van der Waals surface area contributed by atoms with Crippen LogP contribution in [0.15, 0.2) is 18.2 Å². The highest BCUT2D eigenvalue weighted by Crippen LogP contribution is 2.16. The number of nitrogens with two attached hydrogens (primary N) is 1. The Labute approximate surface area is 83.0 Å². The third kappa shape index (κ3) is 2.97. The predicted molar refractivity (Wildman–Crippen MR) is 53.5 cm³/mol. The van der Waals surface area contributed by atoms with E-state index in [4.69, 9.17) is 10.8 Å². The lowest BCUT2D eigenvalue weighted by atomic mass is 10.2. The maximum absolute atomic E-state index is 12.9. The van der Waals surface area contributed by atoms with Crippen LogP contribution in [0.4, 0.5) is 4.39 Å². The van der Waals surface area contributed by atoms with E-state index in [0.29, 0.717) is 13.1 Å². The third-order valence-corrected chi connectivity index (χ3v) is 1.98. The first-order valence-corrected chi connectivity index (χ1v) is 4.49. The zero-order chi connectivity index (χ0) is 10.6. The summed E-state index contributed by atoms with van der Waals surface area (Å²) < 4.78 is 12.9. The van der Waals surface area contributed by atoms with E-state index in [0.717, 1.165) is 12.1 Å². The second-order valence-corrected chi connectivity index (χ2v) is 3.31. The van der Waals surface area contributed by atoms with Gasteiger partial charge in [0, 0.05) is 19.6 Å². The number of hydrogen-bond acceptors (Lipinski definition) is 3. The first kappa shape index (κ1) is 10.9. The van der Waals surface area contributed by atoms with Gasteiger partial charge in [0.25, 0.3) is 0 Å². The first-order chi connectivity index (χ1) is 6.63. The van der Waals surface area contributed by atoms with E-state index in [1.807, 2.05) is 11.9 Å². The van der Waals surface area contributed by atoms with Gasteiger partial charge in [-0.15, -0.1) is 0 Å². The lowest BCUT2D eigenvalue weighted by Crippen LogP contribution is -2.24. The van der Waals surface area contributed by atoms with Gasteiger partial charge in [-0.2, -0.15) is 0 Å². The number of aromatic hydroxyl groups is 1. The molecule has 0 saturated heterocycles. The number of nitrogens with zero attached hydrogens (tertiary/aromatic N) is 1. The summed E-state index contributed by atoms with van der Waals surface area (Å²) in [6, 6.07) is 4.40. The maximum atomic E-state index is 12.9. The highest BCUT2D eigenvalue weighted by molar-refractivity contribution is 5.27. The van der Waals surface area contributed by atoms with E-state index in [1.54, 1.807) is 6.07 Å². The smallest absolute Gasteiger partial charge is 0.165 e. The average molecular weight is 198 g/mol. The Morgan fingerprint density at radius 2 is 2.21 bits per heavy atom. The van der Waals surface area contributed by atoms with Crippen LogP contribution in [-0.4, -0.2) is 30.1 Å². The Morgan fingerprint density at radius 1 is 1.50 bits per heavy atom. The topological polar surface area (TPSA) is 49.5 Å². The van der Waals surface area contributed by atoms with E-state index >= 15 is 0 Å². The lowest BCUT2D eigenvalue weighted by Gasteiger charge is -2.15. The number of likely N-dealkylation sites (N-methyl/N-ethyl adjacent to an activating group) is 1. The molecule has 0 aliphatic rings. The van der Waals surface area contributed by atoms with Crippen LogP contribution in [0, 0.1) is 5.82 Å². The van der Waals surface area contributed by atoms with Gasteiger partial charge in [0.15, 0.2) is 11.6 Å². The molecule has 0 aliphatic carbocycles. The summed E-state index contributed by atoms with van der Waals surface area (Å²) in [6.07, 6.45) is 0. The largest absolute Gasteiger partial charge is 0.505 e. The molecule has 0 bridgehead atoms. The minimum atomic E-state index is -0.580. The fourth-order valence-electron chi connectivity index (χ4n) is 1.26. The average Bonchev–Trinajstić information content (AvgIpc) is 2.12. The van der Waals surface area contributed by atoms with Gasteiger partial charge in [-0.1, -0.05) is 6.07 Å². The van der Waals surface area contributed by atoms with E-state index in [-0.39, 0.29) is 5.75 Å². The second kappa shape index (κ2) is 4.93. The molecule has 3 nitrogen and oxygen atoms in total. The van der Waals surface area contributed by atoms with Crippen molar-refractivity contribution in [3.05, 3.63) is 29.6 Å². The number of phenolic OH excluding ortho intramolecular Hbond substituents is 1. The van der Waals surface area contributed by atoms with Crippen LogP contribution in [-0.2, 0) is 6.54 Å². The van der Waals surface area contributed by atoms with Crippen molar-refractivity contribution in [3.8, 4) is 5.75 Å². The van der Waals surface area contributed by atoms with Gasteiger partial charge in [-0.05, 0) is 24.7 Å². The molecule has 0 amide bonds. The van der Waals surface area contributed by atoms with Crippen LogP contribution in [0.2, 0.25) is 0 Å². The molecule has 78 valence electrons. The Kier molecular flexibility index (Phi) is 3.85. The van der Waals surface area contributed by atoms with Gasteiger partial charge in [0.2, 0.25) is 0 Å².